The first-order valence-corrected chi connectivity index (χ1v) is 12.2. The van der Waals surface area contributed by atoms with Crippen LogP contribution in [0.1, 0.15) is 16.7 Å². The fourth-order valence-electron chi connectivity index (χ4n) is 3.48. The number of rotatable bonds is 11. The van der Waals surface area contributed by atoms with E-state index in [-0.39, 0.29) is 22.6 Å². The Morgan fingerprint density at radius 3 is 2.41 bits per heavy atom. The van der Waals surface area contributed by atoms with E-state index < -0.39 is 5.97 Å². The van der Waals surface area contributed by atoms with Crippen LogP contribution in [0.15, 0.2) is 75.2 Å². The Bertz CT molecular complexity index is 1540. The molecule has 0 fully saturated rings. The van der Waals surface area contributed by atoms with Gasteiger partial charge in [0.05, 0.1) is 33.0 Å². The van der Waals surface area contributed by atoms with Crippen LogP contribution in [-0.2, 0) is 11.4 Å². The Labute approximate surface area is 228 Å². The number of ether oxygens (including phenoxy) is 4. The molecule has 39 heavy (non-hydrogen) atoms. The van der Waals surface area contributed by atoms with Gasteiger partial charge in [0.1, 0.15) is 23.0 Å². The number of aliphatic carboxylic acids is 1. The van der Waals surface area contributed by atoms with Gasteiger partial charge in [-0.1, -0.05) is 24.3 Å². The van der Waals surface area contributed by atoms with E-state index in [4.69, 9.17) is 23.4 Å². The lowest BCUT2D eigenvalue weighted by Gasteiger charge is -2.12. The molecule has 10 nitrogen and oxygen atoms in total. The van der Waals surface area contributed by atoms with Gasteiger partial charge in [-0.2, -0.15) is 5.26 Å². The largest absolute Gasteiger partial charge is 0.497 e. The van der Waals surface area contributed by atoms with E-state index in [0.29, 0.717) is 39.7 Å². The smallest absolute Gasteiger partial charge is 0.342 e. The van der Waals surface area contributed by atoms with Crippen LogP contribution in [0.25, 0.3) is 17.5 Å². The van der Waals surface area contributed by atoms with Gasteiger partial charge in [0, 0.05) is 17.2 Å². The maximum absolute atomic E-state index is 12.0. The Morgan fingerprint density at radius 1 is 1.00 bits per heavy atom. The number of carboxylic acid groups (broad SMARTS) is 1. The molecular formula is C28H23N3O7S. The summed E-state index contributed by atoms with van der Waals surface area (Å²) in [6, 6.07) is 19.4. The fourth-order valence-corrected chi connectivity index (χ4v) is 4.16. The Morgan fingerprint density at radius 2 is 1.74 bits per heavy atom. The molecule has 1 aromatic heterocycles. The van der Waals surface area contributed by atoms with Gasteiger partial charge in [-0.05, 0) is 53.7 Å². The quantitative estimate of drug-likeness (QED) is 0.191. The number of thioether (sulfide) groups is 1. The molecule has 11 heteroatoms. The fraction of sp³-hybridized carbons (Fsp3) is 0.143. The maximum Gasteiger partial charge on any atom is 0.342 e. The van der Waals surface area contributed by atoms with Gasteiger partial charge in [-0.3, -0.25) is 0 Å². The van der Waals surface area contributed by atoms with Gasteiger partial charge in [0.25, 0.3) is 5.22 Å². The van der Waals surface area contributed by atoms with Crippen LogP contribution in [0.3, 0.4) is 0 Å². The molecule has 4 aromatic rings. The van der Waals surface area contributed by atoms with Crippen molar-refractivity contribution in [3.63, 3.8) is 0 Å². The number of carboxylic acids is 1. The predicted octanol–water partition coefficient (Wildman–Crippen LogP) is 5.43. The number of nitrogens with zero attached hydrogens (tertiary/aromatic N) is 3. The number of nitriles is 1. The van der Waals surface area contributed by atoms with E-state index in [1.165, 1.54) is 27.4 Å². The number of carbonyl (C=O) groups is 1. The van der Waals surface area contributed by atoms with Gasteiger partial charge >= 0.3 is 5.97 Å². The zero-order valence-corrected chi connectivity index (χ0v) is 22.0. The molecule has 198 valence electrons. The van der Waals surface area contributed by atoms with Crippen molar-refractivity contribution < 1.29 is 33.3 Å². The lowest BCUT2D eigenvalue weighted by molar-refractivity contribution is -0.131. The van der Waals surface area contributed by atoms with Crippen molar-refractivity contribution in [1.29, 1.82) is 5.26 Å². The monoisotopic (exact) mass is 545 g/mol. The van der Waals surface area contributed by atoms with Crippen molar-refractivity contribution >= 4 is 23.8 Å². The second-order valence-corrected chi connectivity index (χ2v) is 8.85. The minimum absolute atomic E-state index is 0.0449. The van der Waals surface area contributed by atoms with E-state index in [0.717, 1.165) is 17.3 Å². The molecule has 0 aliphatic heterocycles. The van der Waals surface area contributed by atoms with Gasteiger partial charge in [-0.25, -0.2) is 4.79 Å². The van der Waals surface area contributed by atoms with Gasteiger partial charge in [0.2, 0.25) is 5.89 Å². The van der Waals surface area contributed by atoms with Crippen molar-refractivity contribution in [2.45, 2.75) is 11.8 Å². The van der Waals surface area contributed by atoms with Crippen molar-refractivity contribution in [3.05, 3.63) is 82.3 Å². The standard InChI is InChI=1S/C28H23N3O7S/c1-34-21-12-20(13-22(14-21)35-2)26-30-31-28(38-26)39-25(27(32)33)11-17-8-9-23(24(10-17)36-3)37-16-19-7-5-4-6-18(19)15-29/h4-14H,16H2,1-3H3,(H,32,33)/b25-11-. The third-order valence-electron chi connectivity index (χ3n) is 5.42. The van der Waals surface area contributed by atoms with Crippen molar-refractivity contribution in [2.24, 2.45) is 0 Å². The Balaban J connectivity index is 1.53. The topological polar surface area (TPSA) is 137 Å². The van der Waals surface area contributed by atoms with Crippen LogP contribution in [0.5, 0.6) is 23.0 Å². The minimum Gasteiger partial charge on any atom is -0.497 e. The first kappa shape index (κ1) is 27.1. The summed E-state index contributed by atoms with van der Waals surface area (Å²) in [5.41, 5.74) is 2.37. The van der Waals surface area contributed by atoms with Gasteiger partial charge < -0.3 is 28.5 Å². The van der Waals surface area contributed by atoms with E-state index in [9.17, 15) is 15.2 Å². The van der Waals surface area contributed by atoms with Gasteiger partial charge in [0.15, 0.2) is 11.5 Å². The minimum atomic E-state index is -1.17. The van der Waals surface area contributed by atoms with E-state index in [1.807, 2.05) is 12.1 Å². The number of hydrogen-bond donors (Lipinski definition) is 1. The van der Waals surface area contributed by atoms with Crippen molar-refractivity contribution in [3.8, 4) is 40.5 Å². The molecule has 0 atom stereocenters. The molecule has 0 radical (unpaired) electrons. The number of benzene rings is 3. The van der Waals surface area contributed by atoms with Crippen LogP contribution in [0.2, 0.25) is 0 Å². The molecular weight excluding hydrogens is 522 g/mol. The second kappa shape index (κ2) is 12.5. The first-order valence-electron chi connectivity index (χ1n) is 11.4. The summed E-state index contributed by atoms with van der Waals surface area (Å²) in [5.74, 6) is 0.940. The molecule has 0 amide bonds. The van der Waals surface area contributed by atoms with Crippen molar-refractivity contribution in [2.75, 3.05) is 21.3 Å². The zero-order chi connectivity index (χ0) is 27.8. The van der Waals surface area contributed by atoms with E-state index >= 15 is 0 Å². The van der Waals surface area contributed by atoms with Crippen LogP contribution >= 0.6 is 11.8 Å². The molecule has 0 saturated heterocycles. The van der Waals surface area contributed by atoms with Crippen LogP contribution in [-0.4, -0.2) is 42.6 Å². The first-order chi connectivity index (χ1) is 18.9. The maximum atomic E-state index is 12.0. The average Bonchev–Trinajstić information content (AvgIpc) is 3.44. The SMILES string of the molecule is COc1cc(OC)cc(-c2nnc(S/C(=C\c3ccc(OCc4ccccc4C#N)c(OC)c3)C(=O)O)o2)c1. The number of methoxy groups -OCH3 is 3. The highest BCUT2D eigenvalue weighted by atomic mass is 32.2. The lowest BCUT2D eigenvalue weighted by atomic mass is 10.1. The highest BCUT2D eigenvalue weighted by molar-refractivity contribution is 8.03. The average molecular weight is 546 g/mol. The summed E-state index contributed by atoms with van der Waals surface area (Å²) >= 11 is 0.812. The third-order valence-corrected chi connectivity index (χ3v) is 6.27. The molecule has 0 unspecified atom stereocenters. The molecule has 4 rings (SSSR count). The molecule has 0 spiro atoms. The zero-order valence-electron chi connectivity index (χ0n) is 21.2. The van der Waals surface area contributed by atoms with Crippen LogP contribution < -0.4 is 18.9 Å². The summed E-state index contributed by atoms with van der Waals surface area (Å²) in [5, 5.41) is 27.1. The summed E-state index contributed by atoms with van der Waals surface area (Å²) in [6.07, 6.45) is 1.46. The second-order valence-electron chi connectivity index (χ2n) is 7.86. The molecule has 0 aliphatic rings. The summed E-state index contributed by atoms with van der Waals surface area (Å²) in [6.45, 7) is 0.171. The highest BCUT2D eigenvalue weighted by Crippen LogP contribution is 2.35. The number of aromatic nitrogens is 2. The highest BCUT2D eigenvalue weighted by Gasteiger charge is 2.18. The third kappa shape index (κ3) is 6.68. The summed E-state index contributed by atoms with van der Waals surface area (Å²) < 4.78 is 27.6. The molecule has 0 saturated carbocycles. The molecule has 1 N–H and O–H groups in total. The molecule has 0 bridgehead atoms. The molecule has 3 aromatic carbocycles. The van der Waals surface area contributed by atoms with Gasteiger partial charge in [-0.15, -0.1) is 10.2 Å². The normalized spacial score (nSPS) is 11.0. The van der Waals surface area contributed by atoms with Crippen LogP contribution in [0, 0.1) is 11.3 Å². The molecule has 1 heterocycles. The summed E-state index contributed by atoms with van der Waals surface area (Å²) in [7, 11) is 4.54. The van der Waals surface area contributed by atoms with Crippen molar-refractivity contribution in [1.82, 2.24) is 10.2 Å². The Kier molecular flexibility index (Phi) is 8.71. The predicted molar refractivity (Wildman–Crippen MR) is 143 cm³/mol. The summed E-state index contributed by atoms with van der Waals surface area (Å²) in [4.78, 5) is 11.9. The Hall–Kier alpha value is -4.95. The number of hydrogen-bond acceptors (Lipinski definition) is 10. The lowest BCUT2D eigenvalue weighted by Crippen LogP contribution is -2.00. The van der Waals surface area contributed by atoms with Crippen LogP contribution in [0.4, 0.5) is 0 Å². The van der Waals surface area contributed by atoms with E-state index in [1.54, 1.807) is 48.5 Å². The molecule has 0 aliphatic carbocycles. The van der Waals surface area contributed by atoms with E-state index in [2.05, 4.69) is 16.3 Å².